The molecule has 4 aliphatic heterocycles. The maximum absolute atomic E-state index is 15.0. The lowest BCUT2D eigenvalue weighted by Crippen LogP contribution is -2.64. The third-order valence-corrected chi connectivity index (χ3v) is 22.4. The molecule has 2 saturated carbocycles. The van der Waals surface area contributed by atoms with E-state index < -0.39 is 194 Å². The molecule has 6 aliphatic rings. The number of hydrogen-bond acceptors (Lipinski definition) is 25. The van der Waals surface area contributed by atoms with Crippen LogP contribution >= 0.6 is 22.9 Å². The number of fused-ring (bicyclic) bond motifs is 2. The second-order valence-electron chi connectivity index (χ2n) is 27.5. The van der Waals surface area contributed by atoms with Crippen LogP contribution in [0.3, 0.4) is 0 Å². The van der Waals surface area contributed by atoms with Gasteiger partial charge in [0, 0.05) is 75.8 Å². The van der Waals surface area contributed by atoms with Crippen molar-refractivity contribution in [3.05, 3.63) is 52.0 Å². The molecule has 6 amide bonds. The molecule has 9 rings (SSSR count). The number of methoxy groups -OCH3 is 1. The van der Waals surface area contributed by atoms with E-state index in [9.17, 15) is 87.7 Å². The number of ether oxygens (including phenoxy) is 1. The van der Waals surface area contributed by atoms with Gasteiger partial charge in [-0.25, -0.2) is 0 Å². The van der Waals surface area contributed by atoms with Gasteiger partial charge in [0.2, 0.25) is 35.4 Å². The molecule has 4 saturated heterocycles. The summed E-state index contributed by atoms with van der Waals surface area (Å²) in [4.78, 5) is 92.5. The Kier molecular flexibility index (Phi) is 26.7. The fourth-order valence-corrected chi connectivity index (χ4v) is 16.6. The van der Waals surface area contributed by atoms with Crippen molar-refractivity contribution in [1.82, 2.24) is 51.9 Å². The summed E-state index contributed by atoms with van der Waals surface area (Å²) in [5, 5.41) is 126. The van der Waals surface area contributed by atoms with Gasteiger partial charge in [-0.05, 0) is 132 Å². The molecule has 0 spiro atoms. The van der Waals surface area contributed by atoms with Gasteiger partial charge in [-0.3, -0.25) is 33.3 Å². The fourth-order valence-electron chi connectivity index (χ4n) is 14.8. The van der Waals surface area contributed by atoms with Gasteiger partial charge in [0.05, 0.1) is 72.5 Å². The zero-order valence-corrected chi connectivity index (χ0v) is 58.1. The number of β-amino-alcohol motifs (C(OH)–C–C–N with tert-alkyl or cyclic N) is 1. The zero-order valence-electron chi connectivity index (χ0n) is 55.7. The number of aliphatic hydroxyl groups excluding tert-OH is 8. The maximum atomic E-state index is 15.0. The molecule has 3 aromatic rings. The summed E-state index contributed by atoms with van der Waals surface area (Å²) in [6, 6.07) is -2.78. The van der Waals surface area contributed by atoms with E-state index in [-0.39, 0.29) is 42.6 Å². The van der Waals surface area contributed by atoms with Gasteiger partial charge in [0.25, 0.3) is 0 Å². The number of amides is 6. The molecule has 2 aromatic carbocycles. The van der Waals surface area contributed by atoms with Crippen LogP contribution in [0.25, 0.3) is 10.6 Å². The Morgan fingerprint density at radius 1 is 0.788 bits per heavy atom. The number of phenols is 1. The molecule has 16 N–H and O–H groups in total. The van der Waals surface area contributed by atoms with E-state index in [2.05, 4.69) is 57.2 Å². The number of phenolic OH excluding ortho intramolecular Hbond substituents is 1. The summed E-state index contributed by atoms with van der Waals surface area (Å²) in [6.07, 6.45) is -1.38. The zero-order chi connectivity index (χ0) is 71.6. The van der Waals surface area contributed by atoms with Crippen LogP contribution in [0.4, 0.5) is 5.69 Å². The highest BCUT2D eigenvalue weighted by Gasteiger charge is 2.50. The van der Waals surface area contributed by atoms with E-state index >= 15 is 0 Å². The highest BCUT2D eigenvalue weighted by atomic mass is 35.5. The van der Waals surface area contributed by atoms with E-state index in [0.29, 0.717) is 41.6 Å². The Bertz CT molecular complexity index is 3390. The average Bonchev–Trinajstić information content (AvgIpc) is 1.79. The summed E-state index contributed by atoms with van der Waals surface area (Å²) in [5.74, 6) is -8.56. The summed E-state index contributed by atoms with van der Waals surface area (Å²) >= 11 is 8.48. The molecule has 1 aromatic heterocycles. The van der Waals surface area contributed by atoms with Gasteiger partial charge < -0.3 is 101 Å². The first-order valence-corrected chi connectivity index (χ1v) is 36.7. The van der Waals surface area contributed by atoms with Crippen LogP contribution in [-0.2, 0) is 50.3 Å². The van der Waals surface area contributed by atoms with E-state index in [1.165, 1.54) is 57.3 Å². The topological polar surface area (TPSA) is 465 Å². The molecule has 2 aliphatic carbocycles. The van der Waals surface area contributed by atoms with Crippen LogP contribution in [-0.4, -0.2) is 265 Å². The van der Waals surface area contributed by atoms with Crippen molar-refractivity contribution >= 4 is 74.5 Å². The highest BCUT2D eigenvalue weighted by Crippen LogP contribution is 2.44. The van der Waals surface area contributed by atoms with Gasteiger partial charge in [0.15, 0.2) is 11.5 Å². The number of halogens is 1. The quantitative estimate of drug-likeness (QED) is 0.0553. The molecular formula is C65H96ClN11O20S2. The smallest absolute Gasteiger partial charge is 0.446 e. The van der Waals surface area contributed by atoms with E-state index in [0.717, 1.165) is 70.2 Å². The summed E-state index contributed by atoms with van der Waals surface area (Å²) < 4.78 is 43.4. The molecule has 31 nitrogen and oxygen atoms in total. The summed E-state index contributed by atoms with van der Waals surface area (Å²) in [5.41, 5.74) is 1.64. The Morgan fingerprint density at radius 2 is 1.46 bits per heavy atom. The normalized spacial score (nSPS) is 29.2. The number of aromatic hydroxyl groups is 1. The predicted octanol–water partition coefficient (Wildman–Crippen LogP) is -1.27. The van der Waals surface area contributed by atoms with Crippen LogP contribution in [0.15, 0.2) is 36.4 Å². The van der Waals surface area contributed by atoms with Crippen molar-refractivity contribution in [2.24, 2.45) is 17.8 Å². The molecule has 5 heterocycles. The number of hydrogen-bond donors (Lipinski definition) is 16. The van der Waals surface area contributed by atoms with Crippen molar-refractivity contribution in [3.8, 4) is 22.1 Å². The summed E-state index contributed by atoms with van der Waals surface area (Å²) in [7, 11) is -3.37. The van der Waals surface area contributed by atoms with Gasteiger partial charge >= 0.3 is 10.4 Å². The highest BCUT2D eigenvalue weighted by molar-refractivity contribution is 7.81. The first-order valence-electron chi connectivity index (χ1n) is 34.1. The molecule has 34 heteroatoms. The molecule has 13 atom stereocenters. The minimum absolute atomic E-state index is 0.0242. The Labute approximate surface area is 583 Å². The molecule has 6 fully saturated rings. The number of carbonyl (C=O) groups excluding carboxylic acids is 6. The number of aliphatic hydroxyl groups is 8. The van der Waals surface area contributed by atoms with Crippen molar-refractivity contribution in [1.29, 1.82) is 0 Å². The largest absolute Gasteiger partial charge is 0.504 e. The van der Waals surface area contributed by atoms with Gasteiger partial charge in [0.1, 0.15) is 40.2 Å². The van der Waals surface area contributed by atoms with Gasteiger partial charge in [-0.15, -0.1) is 10.2 Å². The molecular weight excluding hydrogens is 1350 g/mol. The second kappa shape index (κ2) is 34.3. The number of rotatable bonds is 21. The number of anilines is 1. The predicted molar refractivity (Wildman–Crippen MR) is 359 cm³/mol. The Balaban J connectivity index is 0.934. The fraction of sp³-hybridized carbons (Fsp3) is 0.692. The van der Waals surface area contributed by atoms with Crippen LogP contribution in [0.2, 0.25) is 5.02 Å². The maximum Gasteiger partial charge on any atom is 0.446 e. The lowest BCUT2D eigenvalue weighted by atomic mass is 9.72. The minimum atomic E-state index is -5.23. The molecule has 0 bridgehead atoms. The third kappa shape index (κ3) is 19.2. The van der Waals surface area contributed by atoms with Crippen molar-refractivity contribution in [2.75, 3.05) is 71.0 Å². The second-order valence-corrected chi connectivity index (χ2v) is 29.9. The lowest BCUT2D eigenvalue weighted by molar-refractivity contribution is -0.147. The molecule has 99 heavy (non-hydrogen) atoms. The van der Waals surface area contributed by atoms with Gasteiger partial charge in [-0.2, -0.15) is 8.42 Å². The first-order chi connectivity index (χ1) is 47.1. The number of nitrogens with zero attached hydrogens (tertiary/aromatic N) is 5. The number of nitrogens with one attached hydrogen (secondary N) is 6. The van der Waals surface area contributed by atoms with E-state index in [1.54, 1.807) is 0 Å². The standard InChI is InChI=1S/C65H96ClN11O20S2/c1-34-30-77-55(56(34)86)60(90)69-29-42(81)26-46(68-28-36-9-12-38(13-10-36)61-73-74-62(98-61)44-15-14-41(25-45(44)66)75-21-18-65(96-3,19-22-75)39-7-5-4-6-8-39)57(87)70-52(35(2)80)63(91)76-31-43(82)27-47(76)58(88)71-53(50(85)23-37-11-16-48(83)51(24-37)97-99(93,94)95)59(89)72-54(64(77)92)49(84)17-20-67-40(32-78)33-79/h11,14-16,24-25,34-36,38-40,42-43,46-47,49-50,52-56,67-68,78-86H,4-10,12-13,17-23,26-33H2,1-3H3,(H,69,90)(H,70,87)(H,71,88)(H,72,89)(H,93,94,95)/t34-,35+,36?,38?,42+,43?,46-,47-,49+,50+,52-,53-,54-,55-,56-/m0/s1. The molecule has 550 valence electrons. The minimum Gasteiger partial charge on any atom is -0.504 e. The summed E-state index contributed by atoms with van der Waals surface area (Å²) in [6.45, 7) is 1.88. The first kappa shape index (κ1) is 77.1. The number of piperidine rings is 1. The SMILES string of the molecule is COC1(C2CCCCC2)CCN(c2ccc(-c3nnc(C4CCC(CN[C@H]5C[C@@H](O)CNC(=O)[C@@H]6[C@@H](O)[C@@H](C)CN6C(=O)[C@H]([C@H](O)CCNC(CO)CO)NC(=O)[C@H]([C@H](O)Cc6ccc(O)c(OS(=O)(=O)O)c6)NC(=O)[C@@H]6CC(O)CN6C(=O)[C@H]([C@@H](C)O)NC5=O)CC4)s3)c(Cl)c2)CC1. The van der Waals surface area contributed by atoms with Crippen LogP contribution in [0.1, 0.15) is 120 Å². The van der Waals surface area contributed by atoms with E-state index in [1.807, 2.05) is 19.2 Å². The van der Waals surface area contributed by atoms with Crippen LogP contribution < -0.4 is 41.0 Å². The molecule has 1 unspecified atom stereocenters. The number of aromatic nitrogens is 2. The van der Waals surface area contributed by atoms with Crippen LogP contribution in [0, 0.1) is 17.8 Å². The third-order valence-electron chi connectivity index (χ3n) is 20.6. The monoisotopic (exact) mass is 1450 g/mol. The average molecular weight is 1450 g/mol. The van der Waals surface area contributed by atoms with E-state index in [4.69, 9.17) is 16.3 Å². The number of benzene rings is 2. The number of carbonyl (C=O) groups is 6. The van der Waals surface area contributed by atoms with Gasteiger partial charge in [-0.1, -0.05) is 55.2 Å². The van der Waals surface area contributed by atoms with Crippen molar-refractivity contribution < 1.29 is 96.6 Å². The lowest BCUT2D eigenvalue weighted by Gasteiger charge is -2.47. The Hall–Kier alpha value is -6.02. The Morgan fingerprint density at radius 3 is 2.12 bits per heavy atom. The van der Waals surface area contributed by atoms with Crippen molar-refractivity contribution in [2.45, 2.75) is 201 Å². The van der Waals surface area contributed by atoms with Crippen LogP contribution in [0.5, 0.6) is 11.5 Å². The van der Waals surface area contributed by atoms with Crippen molar-refractivity contribution in [3.63, 3.8) is 0 Å². The molecule has 0 radical (unpaired) electrons.